The summed E-state index contributed by atoms with van der Waals surface area (Å²) in [6, 6.07) is 1.23. The highest BCUT2D eigenvalue weighted by atomic mass is 19.2. The first kappa shape index (κ1) is 13.9. The molecule has 19 heavy (non-hydrogen) atoms. The van der Waals surface area contributed by atoms with Crippen LogP contribution in [-0.4, -0.2) is 28.9 Å². The Morgan fingerprint density at radius 1 is 1.42 bits per heavy atom. The van der Waals surface area contributed by atoms with Crippen molar-refractivity contribution in [1.29, 1.82) is 0 Å². The van der Waals surface area contributed by atoms with Gasteiger partial charge in [0.15, 0.2) is 5.82 Å². The summed E-state index contributed by atoms with van der Waals surface area (Å²) in [4.78, 5) is 17.0. The van der Waals surface area contributed by atoms with Crippen molar-refractivity contribution in [1.82, 2.24) is 9.88 Å². The monoisotopic (exact) mass is 268 g/mol. The number of hydrogen-bond donors (Lipinski definition) is 0. The summed E-state index contributed by atoms with van der Waals surface area (Å²) < 4.78 is 26.6. The van der Waals surface area contributed by atoms with Crippen LogP contribution in [0.3, 0.4) is 0 Å². The zero-order chi connectivity index (χ0) is 14.0. The van der Waals surface area contributed by atoms with E-state index in [1.807, 2.05) is 0 Å². The third-order valence-electron chi connectivity index (χ3n) is 4.30. The lowest BCUT2D eigenvalue weighted by Gasteiger charge is -2.26. The lowest BCUT2D eigenvalue weighted by Crippen LogP contribution is -2.32. The molecule has 0 radical (unpaired) electrons. The molecule has 3 nitrogen and oxygen atoms in total. The van der Waals surface area contributed by atoms with Gasteiger partial charge in [-0.05, 0) is 30.7 Å². The fourth-order valence-corrected chi connectivity index (χ4v) is 2.69. The van der Waals surface area contributed by atoms with E-state index in [2.05, 4.69) is 18.8 Å². The number of pyridine rings is 1. The van der Waals surface area contributed by atoms with Crippen molar-refractivity contribution in [2.24, 2.45) is 5.41 Å². The van der Waals surface area contributed by atoms with Crippen LogP contribution in [0, 0.1) is 17.2 Å². The molecule has 1 aromatic rings. The van der Waals surface area contributed by atoms with E-state index in [9.17, 15) is 13.6 Å². The first-order valence-corrected chi connectivity index (χ1v) is 6.62. The van der Waals surface area contributed by atoms with Gasteiger partial charge in [0.1, 0.15) is 0 Å². The minimum Gasteiger partial charge on any atom is -0.338 e. The fourth-order valence-electron chi connectivity index (χ4n) is 2.69. The summed E-state index contributed by atoms with van der Waals surface area (Å²) in [7, 11) is 0. The zero-order valence-corrected chi connectivity index (χ0v) is 11.2. The molecule has 0 spiro atoms. The number of nitrogens with zero attached hydrogens (tertiary/aromatic N) is 2. The summed E-state index contributed by atoms with van der Waals surface area (Å²) in [5.74, 6) is -2.82. The van der Waals surface area contributed by atoms with Crippen molar-refractivity contribution < 1.29 is 13.6 Å². The van der Waals surface area contributed by atoms with E-state index in [1.165, 1.54) is 6.07 Å². The SMILES string of the molecule is CCC1(CC)CCN(C(=O)c2ccnc(F)c2F)C1. The number of halogens is 2. The second-order valence-electron chi connectivity index (χ2n) is 5.15. The lowest BCUT2D eigenvalue weighted by molar-refractivity contribution is 0.0763. The average molecular weight is 268 g/mol. The molecule has 0 saturated carbocycles. The molecule has 5 heteroatoms. The first-order chi connectivity index (χ1) is 9.03. The second kappa shape index (κ2) is 5.23. The molecule has 0 atom stereocenters. The van der Waals surface area contributed by atoms with E-state index in [4.69, 9.17) is 0 Å². The standard InChI is InChI=1S/C14H18F2N2O/c1-3-14(4-2)6-8-18(9-14)13(19)10-5-7-17-12(16)11(10)15/h5,7H,3-4,6,8-9H2,1-2H3. The van der Waals surface area contributed by atoms with E-state index in [0.717, 1.165) is 25.5 Å². The normalized spacial score (nSPS) is 17.8. The van der Waals surface area contributed by atoms with Crippen LogP contribution in [0.2, 0.25) is 0 Å². The number of aromatic nitrogens is 1. The molecule has 0 aliphatic carbocycles. The molecule has 0 bridgehead atoms. The van der Waals surface area contributed by atoms with Crippen LogP contribution >= 0.6 is 0 Å². The number of carbonyl (C=O) groups is 1. The Labute approximate surface area is 111 Å². The third-order valence-corrected chi connectivity index (χ3v) is 4.30. The number of likely N-dealkylation sites (tertiary alicyclic amines) is 1. The minimum atomic E-state index is -1.22. The molecule has 2 rings (SSSR count). The summed E-state index contributed by atoms with van der Waals surface area (Å²) in [5.41, 5.74) is -0.104. The predicted octanol–water partition coefficient (Wildman–Crippen LogP) is 3.01. The molecule has 1 saturated heterocycles. The summed E-state index contributed by atoms with van der Waals surface area (Å²) >= 11 is 0. The fraction of sp³-hybridized carbons (Fsp3) is 0.571. The van der Waals surface area contributed by atoms with E-state index in [-0.39, 0.29) is 11.0 Å². The quantitative estimate of drug-likeness (QED) is 0.789. The molecule has 1 amide bonds. The maximum absolute atomic E-state index is 13.6. The summed E-state index contributed by atoms with van der Waals surface area (Å²) in [5, 5.41) is 0. The molecule has 1 aliphatic heterocycles. The maximum atomic E-state index is 13.6. The van der Waals surface area contributed by atoms with Crippen LogP contribution in [-0.2, 0) is 0 Å². The van der Waals surface area contributed by atoms with Gasteiger partial charge in [0, 0.05) is 19.3 Å². The number of rotatable bonds is 3. The van der Waals surface area contributed by atoms with E-state index in [1.54, 1.807) is 4.90 Å². The molecule has 1 fully saturated rings. The number of carbonyl (C=O) groups excluding carboxylic acids is 1. The van der Waals surface area contributed by atoms with Crippen LogP contribution in [0.4, 0.5) is 8.78 Å². The zero-order valence-electron chi connectivity index (χ0n) is 11.2. The van der Waals surface area contributed by atoms with Crippen LogP contribution in [0.5, 0.6) is 0 Å². The minimum absolute atomic E-state index is 0.123. The topological polar surface area (TPSA) is 33.2 Å². The van der Waals surface area contributed by atoms with Crippen molar-refractivity contribution in [2.45, 2.75) is 33.1 Å². The van der Waals surface area contributed by atoms with Crippen molar-refractivity contribution in [3.05, 3.63) is 29.6 Å². The van der Waals surface area contributed by atoms with Crippen molar-refractivity contribution >= 4 is 5.91 Å². The van der Waals surface area contributed by atoms with Gasteiger partial charge in [0.2, 0.25) is 5.95 Å². The molecule has 2 heterocycles. The van der Waals surface area contributed by atoms with Crippen LogP contribution in [0.15, 0.2) is 12.3 Å². The van der Waals surface area contributed by atoms with Crippen molar-refractivity contribution in [2.75, 3.05) is 13.1 Å². The number of amides is 1. The molecular weight excluding hydrogens is 250 g/mol. The van der Waals surface area contributed by atoms with E-state index in [0.29, 0.717) is 13.1 Å². The predicted molar refractivity (Wildman–Crippen MR) is 67.7 cm³/mol. The second-order valence-corrected chi connectivity index (χ2v) is 5.15. The average Bonchev–Trinajstić information content (AvgIpc) is 2.86. The first-order valence-electron chi connectivity index (χ1n) is 6.62. The van der Waals surface area contributed by atoms with Gasteiger partial charge in [0.05, 0.1) is 5.56 Å². The highest BCUT2D eigenvalue weighted by Gasteiger charge is 2.38. The van der Waals surface area contributed by atoms with E-state index < -0.39 is 17.7 Å². The van der Waals surface area contributed by atoms with Gasteiger partial charge in [0.25, 0.3) is 5.91 Å². The molecule has 1 aromatic heterocycles. The molecule has 0 aromatic carbocycles. The largest absolute Gasteiger partial charge is 0.338 e. The van der Waals surface area contributed by atoms with Gasteiger partial charge in [-0.1, -0.05) is 13.8 Å². The molecule has 1 aliphatic rings. The smallest absolute Gasteiger partial charge is 0.257 e. The Hall–Kier alpha value is -1.52. The molecule has 0 unspecified atom stereocenters. The molecule has 104 valence electrons. The van der Waals surface area contributed by atoms with Gasteiger partial charge >= 0.3 is 0 Å². The van der Waals surface area contributed by atoms with Crippen molar-refractivity contribution in [3.63, 3.8) is 0 Å². The van der Waals surface area contributed by atoms with Crippen molar-refractivity contribution in [3.8, 4) is 0 Å². The van der Waals surface area contributed by atoms with Gasteiger partial charge in [-0.2, -0.15) is 4.39 Å². The summed E-state index contributed by atoms with van der Waals surface area (Å²) in [6.45, 7) is 5.42. The number of hydrogen-bond acceptors (Lipinski definition) is 2. The van der Waals surface area contributed by atoms with Gasteiger partial charge in [-0.3, -0.25) is 4.79 Å². The Morgan fingerprint density at radius 2 is 2.11 bits per heavy atom. The Kier molecular flexibility index (Phi) is 3.83. The summed E-state index contributed by atoms with van der Waals surface area (Å²) in [6.07, 6.45) is 4.01. The van der Waals surface area contributed by atoms with Crippen LogP contribution in [0.25, 0.3) is 0 Å². The Bertz CT molecular complexity index is 486. The van der Waals surface area contributed by atoms with Crippen LogP contribution in [0.1, 0.15) is 43.5 Å². The lowest BCUT2D eigenvalue weighted by atomic mass is 9.82. The van der Waals surface area contributed by atoms with E-state index >= 15 is 0 Å². The highest BCUT2D eigenvalue weighted by molar-refractivity contribution is 5.94. The Morgan fingerprint density at radius 3 is 2.68 bits per heavy atom. The maximum Gasteiger partial charge on any atom is 0.257 e. The van der Waals surface area contributed by atoms with Gasteiger partial charge in [-0.15, -0.1) is 0 Å². The van der Waals surface area contributed by atoms with Gasteiger partial charge in [-0.25, -0.2) is 9.37 Å². The van der Waals surface area contributed by atoms with Crippen LogP contribution < -0.4 is 0 Å². The third kappa shape index (κ3) is 2.46. The van der Waals surface area contributed by atoms with Gasteiger partial charge < -0.3 is 4.90 Å². The molecular formula is C14H18F2N2O. The Balaban J connectivity index is 2.20. The highest BCUT2D eigenvalue weighted by Crippen LogP contribution is 2.37. The molecule has 0 N–H and O–H groups in total.